The van der Waals surface area contributed by atoms with Crippen LogP contribution in [0.3, 0.4) is 0 Å². The highest BCUT2D eigenvalue weighted by Crippen LogP contribution is 2.30. The first-order valence-corrected chi connectivity index (χ1v) is 10.3. The summed E-state index contributed by atoms with van der Waals surface area (Å²) in [6.07, 6.45) is 4.72. The number of benzene rings is 1. The topological polar surface area (TPSA) is 71.2 Å². The molecule has 1 aromatic heterocycles. The van der Waals surface area contributed by atoms with Crippen LogP contribution in [0.2, 0.25) is 0 Å². The van der Waals surface area contributed by atoms with E-state index in [1.165, 1.54) is 10.4 Å². The summed E-state index contributed by atoms with van der Waals surface area (Å²) in [5.41, 5.74) is 8.56. The van der Waals surface area contributed by atoms with Crippen molar-refractivity contribution in [1.82, 2.24) is 9.88 Å². The van der Waals surface area contributed by atoms with Crippen molar-refractivity contribution in [2.24, 2.45) is 11.7 Å². The van der Waals surface area contributed by atoms with Gasteiger partial charge in [-0.1, -0.05) is 36.8 Å². The molecule has 2 aliphatic rings. The fourth-order valence-corrected chi connectivity index (χ4v) is 5.07. The van der Waals surface area contributed by atoms with Gasteiger partial charge in [-0.05, 0) is 24.3 Å². The molecule has 28 heavy (non-hydrogen) atoms. The number of hydrogen-bond acceptors (Lipinski definition) is 5. The highest BCUT2D eigenvalue weighted by Gasteiger charge is 2.27. The number of nitrogens with one attached hydrogen (secondary N) is 1. The smallest absolute Gasteiger partial charge is 0.226 e. The van der Waals surface area contributed by atoms with Gasteiger partial charge in [0, 0.05) is 43.4 Å². The Hall–Kier alpha value is -1.18. The van der Waals surface area contributed by atoms with E-state index in [1.807, 2.05) is 0 Å². The number of nitrogens with two attached hydrogens (primary N) is 1. The molecule has 1 saturated carbocycles. The zero-order valence-corrected chi connectivity index (χ0v) is 18.3. The van der Waals surface area contributed by atoms with E-state index in [0.717, 1.165) is 56.1 Å². The Morgan fingerprint density at radius 3 is 2.75 bits per heavy atom. The number of thiazole rings is 1. The number of fused-ring (bicyclic) bond motifs is 1. The van der Waals surface area contributed by atoms with Gasteiger partial charge in [0.15, 0.2) is 5.13 Å². The minimum atomic E-state index is 0. The summed E-state index contributed by atoms with van der Waals surface area (Å²) in [5.74, 6) is 0.380. The van der Waals surface area contributed by atoms with E-state index < -0.39 is 0 Å². The second-order valence-electron chi connectivity index (χ2n) is 7.44. The number of aromatic nitrogens is 1. The predicted octanol–water partition coefficient (Wildman–Crippen LogP) is 4.00. The zero-order valence-electron chi connectivity index (χ0n) is 15.8. The van der Waals surface area contributed by atoms with E-state index in [4.69, 9.17) is 5.73 Å². The Morgan fingerprint density at radius 1 is 1.25 bits per heavy atom. The number of carbonyl (C=O) groups excluding carboxylic acids is 1. The lowest BCUT2D eigenvalue weighted by Crippen LogP contribution is -2.29. The Balaban J connectivity index is 0.00000140. The molecule has 0 radical (unpaired) electrons. The minimum Gasteiger partial charge on any atom is -0.327 e. The summed E-state index contributed by atoms with van der Waals surface area (Å²) in [6.45, 7) is 2.88. The molecule has 1 aromatic carbocycles. The van der Waals surface area contributed by atoms with E-state index in [-0.39, 0.29) is 36.8 Å². The van der Waals surface area contributed by atoms with E-state index >= 15 is 0 Å². The number of hydrogen-bond donors (Lipinski definition) is 2. The second-order valence-corrected chi connectivity index (χ2v) is 8.53. The van der Waals surface area contributed by atoms with Crippen LogP contribution in [0.25, 0.3) is 0 Å². The van der Waals surface area contributed by atoms with Gasteiger partial charge in [-0.2, -0.15) is 0 Å². The zero-order chi connectivity index (χ0) is 17.9. The molecular formula is C20H28Cl2N4OS. The van der Waals surface area contributed by atoms with Gasteiger partial charge in [0.2, 0.25) is 5.91 Å². The third-order valence-corrected chi connectivity index (χ3v) is 6.47. The van der Waals surface area contributed by atoms with Crippen LogP contribution < -0.4 is 11.1 Å². The van der Waals surface area contributed by atoms with E-state index in [9.17, 15) is 4.79 Å². The van der Waals surface area contributed by atoms with Crippen LogP contribution in [-0.4, -0.2) is 28.4 Å². The summed E-state index contributed by atoms with van der Waals surface area (Å²) < 4.78 is 0. The van der Waals surface area contributed by atoms with Crippen LogP contribution in [0, 0.1) is 5.92 Å². The number of anilines is 1. The third-order valence-electron chi connectivity index (χ3n) is 5.47. The molecule has 3 N–H and O–H groups in total. The van der Waals surface area contributed by atoms with Crippen LogP contribution in [0.5, 0.6) is 0 Å². The number of nitrogens with zero attached hydrogens (tertiary/aromatic N) is 2. The average Bonchev–Trinajstić information content (AvgIpc) is 3.21. The lowest BCUT2D eigenvalue weighted by atomic mass is 10.00. The van der Waals surface area contributed by atoms with Crippen LogP contribution in [-0.2, 0) is 24.3 Å². The van der Waals surface area contributed by atoms with Crippen molar-refractivity contribution in [2.45, 2.75) is 51.2 Å². The van der Waals surface area contributed by atoms with Crippen LogP contribution in [0.4, 0.5) is 5.13 Å². The fourth-order valence-electron chi connectivity index (χ4n) is 4.01. The highest BCUT2D eigenvalue weighted by atomic mass is 35.5. The van der Waals surface area contributed by atoms with Crippen molar-refractivity contribution < 1.29 is 4.79 Å². The Kier molecular flexibility index (Phi) is 8.71. The van der Waals surface area contributed by atoms with Gasteiger partial charge in [-0.25, -0.2) is 4.98 Å². The fraction of sp³-hybridized carbons (Fsp3) is 0.500. The molecule has 1 aliphatic heterocycles. The average molecular weight is 443 g/mol. The maximum Gasteiger partial charge on any atom is 0.226 e. The molecule has 0 spiro atoms. The normalized spacial score (nSPS) is 21.3. The third kappa shape index (κ3) is 5.67. The lowest BCUT2D eigenvalue weighted by Gasteiger charge is -2.25. The molecule has 8 heteroatoms. The second kappa shape index (κ2) is 10.6. The monoisotopic (exact) mass is 442 g/mol. The number of carbonyl (C=O) groups is 1. The minimum absolute atomic E-state index is 0. The first kappa shape index (κ1) is 23.1. The Morgan fingerprint density at radius 2 is 2.04 bits per heavy atom. The molecule has 4 rings (SSSR count). The van der Waals surface area contributed by atoms with Crippen molar-refractivity contribution in [3.05, 3.63) is 46.5 Å². The van der Waals surface area contributed by atoms with Crippen molar-refractivity contribution in [2.75, 3.05) is 11.9 Å². The summed E-state index contributed by atoms with van der Waals surface area (Å²) in [7, 11) is 0. The SMILES string of the molecule is Cl.Cl.N[C@@H]1CCC[C@H]1CC(=O)Nc1nc2c(s1)CN(Cc1ccccc1)CC2. The van der Waals surface area contributed by atoms with Crippen molar-refractivity contribution in [3.8, 4) is 0 Å². The molecule has 1 fully saturated rings. The first-order valence-electron chi connectivity index (χ1n) is 9.47. The quantitative estimate of drug-likeness (QED) is 0.733. The van der Waals surface area contributed by atoms with Crippen molar-refractivity contribution >= 4 is 47.2 Å². The van der Waals surface area contributed by atoms with Gasteiger partial charge in [-0.15, -0.1) is 36.2 Å². The molecule has 5 nitrogen and oxygen atoms in total. The summed E-state index contributed by atoms with van der Waals surface area (Å²) in [6, 6.07) is 10.7. The van der Waals surface area contributed by atoms with Crippen molar-refractivity contribution in [1.29, 1.82) is 0 Å². The molecule has 154 valence electrons. The Labute approximate surface area is 182 Å². The van der Waals surface area contributed by atoms with Gasteiger partial charge in [0.05, 0.1) is 5.69 Å². The van der Waals surface area contributed by atoms with Gasteiger partial charge in [0.1, 0.15) is 0 Å². The van der Waals surface area contributed by atoms with Crippen LogP contribution in [0.15, 0.2) is 30.3 Å². The predicted molar refractivity (Wildman–Crippen MR) is 119 cm³/mol. The largest absolute Gasteiger partial charge is 0.327 e. The number of rotatable bonds is 5. The van der Waals surface area contributed by atoms with E-state index in [1.54, 1.807) is 11.3 Å². The molecule has 2 aromatic rings. The molecule has 0 saturated heterocycles. The van der Waals surface area contributed by atoms with Gasteiger partial charge in [0.25, 0.3) is 0 Å². The highest BCUT2D eigenvalue weighted by molar-refractivity contribution is 7.15. The standard InChI is InChI=1S/C20H26N4OS.2ClH/c21-16-8-4-7-15(16)11-19(25)23-20-22-17-9-10-24(13-18(17)26-20)12-14-5-2-1-3-6-14;;/h1-3,5-6,15-16H,4,7-13,21H2,(H,22,23,25);2*1H/t15-,16+;;/m0../s1. The number of amides is 1. The molecular weight excluding hydrogens is 415 g/mol. The van der Waals surface area contributed by atoms with E-state index in [2.05, 4.69) is 45.5 Å². The maximum atomic E-state index is 12.3. The molecule has 2 heterocycles. The maximum absolute atomic E-state index is 12.3. The molecule has 0 unspecified atom stereocenters. The van der Waals surface area contributed by atoms with Crippen LogP contribution >= 0.6 is 36.2 Å². The molecule has 0 bridgehead atoms. The first-order chi connectivity index (χ1) is 12.7. The summed E-state index contributed by atoms with van der Waals surface area (Å²) >= 11 is 1.62. The Bertz CT molecular complexity index is 771. The van der Waals surface area contributed by atoms with Crippen molar-refractivity contribution in [3.63, 3.8) is 0 Å². The van der Waals surface area contributed by atoms with Gasteiger partial charge in [-0.3, -0.25) is 9.69 Å². The summed E-state index contributed by atoms with van der Waals surface area (Å²) in [5, 5.41) is 3.75. The van der Waals surface area contributed by atoms with Crippen LogP contribution in [0.1, 0.15) is 41.8 Å². The summed E-state index contributed by atoms with van der Waals surface area (Å²) in [4.78, 5) is 20.7. The van der Waals surface area contributed by atoms with Gasteiger partial charge < -0.3 is 11.1 Å². The molecule has 2 atom stereocenters. The molecule has 1 aliphatic carbocycles. The number of halogens is 2. The van der Waals surface area contributed by atoms with E-state index in [0.29, 0.717) is 12.3 Å². The lowest BCUT2D eigenvalue weighted by molar-refractivity contribution is -0.117. The van der Waals surface area contributed by atoms with Gasteiger partial charge >= 0.3 is 0 Å². The molecule has 1 amide bonds.